The van der Waals surface area contributed by atoms with Gasteiger partial charge in [0.1, 0.15) is 0 Å². The average molecular weight is 551 g/mol. The van der Waals surface area contributed by atoms with Crippen LogP contribution < -0.4 is 0 Å². The summed E-state index contributed by atoms with van der Waals surface area (Å²) in [6.07, 6.45) is -2.77. The first-order chi connectivity index (χ1) is 18.3. The standard InChI is InChI=1S/C20H13N5.2C2HF3O2/c1-2-4-18-16(3-1)17(7-11-22-18)20-24-23-19-13-15(8-12-25(19)20)14-5-9-21-10-6-14;2*3-2(4,5)1(6)7/h1-13H;2*(H,6,7). The van der Waals surface area contributed by atoms with Gasteiger partial charge < -0.3 is 10.2 Å². The minimum absolute atomic E-state index is 0.810. The first-order valence-corrected chi connectivity index (χ1v) is 10.5. The highest BCUT2D eigenvalue weighted by Crippen LogP contribution is 2.28. The number of para-hydroxylation sites is 1. The number of aromatic nitrogens is 5. The molecule has 0 atom stereocenters. The molecule has 4 heterocycles. The molecule has 0 aliphatic heterocycles. The Labute approximate surface area is 214 Å². The van der Waals surface area contributed by atoms with Crippen molar-refractivity contribution in [3.63, 3.8) is 0 Å². The molecule has 15 heteroatoms. The molecule has 4 aromatic heterocycles. The van der Waals surface area contributed by atoms with Crippen molar-refractivity contribution in [3.8, 4) is 22.5 Å². The van der Waals surface area contributed by atoms with Gasteiger partial charge in [-0.05, 0) is 47.5 Å². The van der Waals surface area contributed by atoms with Crippen LogP contribution in [0.3, 0.4) is 0 Å². The fourth-order valence-corrected chi connectivity index (χ4v) is 3.09. The van der Waals surface area contributed by atoms with E-state index in [1.54, 1.807) is 12.4 Å². The molecular weight excluding hydrogens is 536 g/mol. The largest absolute Gasteiger partial charge is 0.490 e. The van der Waals surface area contributed by atoms with Gasteiger partial charge >= 0.3 is 24.3 Å². The second-order valence-corrected chi connectivity index (χ2v) is 7.38. The highest BCUT2D eigenvalue weighted by molar-refractivity contribution is 5.92. The van der Waals surface area contributed by atoms with E-state index in [-0.39, 0.29) is 0 Å². The van der Waals surface area contributed by atoms with Gasteiger partial charge in [0.15, 0.2) is 11.5 Å². The number of benzene rings is 1. The number of carboxylic acid groups (broad SMARTS) is 2. The Morgan fingerprint density at radius 1 is 0.744 bits per heavy atom. The van der Waals surface area contributed by atoms with E-state index in [4.69, 9.17) is 19.8 Å². The molecule has 2 N–H and O–H groups in total. The maximum absolute atomic E-state index is 10.6. The number of fused-ring (bicyclic) bond motifs is 2. The molecule has 0 spiro atoms. The predicted octanol–water partition coefficient (Wildman–Crippen LogP) is 5.27. The molecule has 5 aromatic rings. The van der Waals surface area contributed by atoms with Gasteiger partial charge in [-0.3, -0.25) is 14.4 Å². The molecule has 0 amide bonds. The van der Waals surface area contributed by atoms with Crippen LogP contribution >= 0.6 is 0 Å². The van der Waals surface area contributed by atoms with Gasteiger partial charge in [0.25, 0.3) is 0 Å². The van der Waals surface area contributed by atoms with Crippen molar-refractivity contribution in [2.75, 3.05) is 0 Å². The van der Waals surface area contributed by atoms with E-state index in [0.29, 0.717) is 0 Å². The fourth-order valence-electron chi connectivity index (χ4n) is 3.09. The Bertz CT molecular complexity index is 1570. The number of alkyl halides is 6. The Balaban J connectivity index is 0.000000251. The summed E-state index contributed by atoms with van der Waals surface area (Å²) in [5, 5.41) is 24.1. The van der Waals surface area contributed by atoms with E-state index >= 15 is 0 Å². The fraction of sp³-hybridized carbons (Fsp3) is 0.0833. The zero-order valence-electron chi connectivity index (χ0n) is 19.2. The Hall–Kier alpha value is -5.08. The monoisotopic (exact) mass is 551 g/mol. The predicted molar refractivity (Wildman–Crippen MR) is 124 cm³/mol. The van der Waals surface area contributed by atoms with Crippen molar-refractivity contribution in [2.24, 2.45) is 0 Å². The second kappa shape index (κ2) is 11.5. The number of pyridine rings is 3. The summed E-state index contributed by atoms with van der Waals surface area (Å²) in [5.41, 5.74) is 4.98. The molecule has 0 saturated carbocycles. The molecule has 0 fully saturated rings. The first kappa shape index (κ1) is 28.5. The number of hydrogen-bond donors (Lipinski definition) is 2. The van der Waals surface area contributed by atoms with Crippen molar-refractivity contribution >= 4 is 28.5 Å². The third-order valence-corrected chi connectivity index (χ3v) is 4.80. The van der Waals surface area contributed by atoms with Crippen LogP contribution in [0.1, 0.15) is 0 Å². The third kappa shape index (κ3) is 7.24. The number of rotatable bonds is 2. The average Bonchev–Trinajstić information content (AvgIpc) is 3.31. The number of carboxylic acids is 2. The Morgan fingerprint density at radius 2 is 1.33 bits per heavy atom. The van der Waals surface area contributed by atoms with Crippen LogP contribution in [0.4, 0.5) is 26.3 Å². The van der Waals surface area contributed by atoms with Crippen LogP contribution in [0, 0.1) is 0 Å². The van der Waals surface area contributed by atoms with Crippen LogP contribution in [0.15, 0.2) is 79.4 Å². The highest BCUT2D eigenvalue weighted by atomic mass is 19.4. The summed E-state index contributed by atoms with van der Waals surface area (Å²) in [6, 6.07) is 18.1. The lowest BCUT2D eigenvalue weighted by molar-refractivity contribution is -0.193. The Kier molecular flexibility index (Phi) is 8.43. The first-order valence-electron chi connectivity index (χ1n) is 10.5. The smallest absolute Gasteiger partial charge is 0.475 e. The van der Waals surface area contributed by atoms with Crippen molar-refractivity contribution in [2.45, 2.75) is 12.4 Å². The molecular formula is C24H15F6N5O4. The minimum Gasteiger partial charge on any atom is -0.475 e. The maximum atomic E-state index is 10.6. The summed E-state index contributed by atoms with van der Waals surface area (Å²) in [5.74, 6) is -4.70. The van der Waals surface area contributed by atoms with Crippen molar-refractivity contribution in [3.05, 3.63) is 79.4 Å². The van der Waals surface area contributed by atoms with Crippen molar-refractivity contribution in [1.82, 2.24) is 24.6 Å². The zero-order valence-corrected chi connectivity index (χ0v) is 19.2. The summed E-state index contributed by atoms with van der Waals surface area (Å²) >= 11 is 0. The molecule has 39 heavy (non-hydrogen) atoms. The van der Waals surface area contributed by atoms with Gasteiger partial charge in [0, 0.05) is 35.7 Å². The van der Waals surface area contributed by atoms with Gasteiger partial charge in [-0.1, -0.05) is 18.2 Å². The van der Waals surface area contributed by atoms with Crippen molar-refractivity contribution < 1.29 is 46.1 Å². The number of carbonyl (C=O) groups is 2. The quantitative estimate of drug-likeness (QED) is 0.284. The van der Waals surface area contributed by atoms with E-state index in [9.17, 15) is 26.3 Å². The normalized spacial score (nSPS) is 11.2. The van der Waals surface area contributed by atoms with Gasteiger partial charge in [-0.2, -0.15) is 26.3 Å². The van der Waals surface area contributed by atoms with Crippen LogP contribution in [-0.2, 0) is 9.59 Å². The Morgan fingerprint density at radius 3 is 1.92 bits per heavy atom. The van der Waals surface area contributed by atoms with Gasteiger partial charge in [0.2, 0.25) is 0 Å². The van der Waals surface area contributed by atoms with Gasteiger partial charge in [-0.15, -0.1) is 10.2 Å². The zero-order chi connectivity index (χ0) is 28.8. The van der Waals surface area contributed by atoms with E-state index in [1.807, 2.05) is 59.3 Å². The second-order valence-electron chi connectivity index (χ2n) is 7.38. The van der Waals surface area contributed by atoms with Crippen LogP contribution in [-0.4, -0.2) is 59.1 Å². The molecule has 0 radical (unpaired) electrons. The molecule has 0 unspecified atom stereocenters. The molecule has 1 aromatic carbocycles. The lowest BCUT2D eigenvalue weighted by Crippen LogP contribution is -2.21. The molecule has 9 nitrogen and oxygen atoms in total. The molecule has 0 bridgehead atoms. The highest BCUT2D eigenvalue weighted by Gasteiger charge is 2.38. The number of aliphatic carboxylic acids is 2. The van der Waals surface area contributed by atoms with Gasteiger partial charge in [0.05, 0.1) is 5.52 Å². The summed E-state index contributed by atoms with van der Waals surface area (Å²) < 4.78 is 65.5. The number of halogens is 6. The van der Waals surface area contributed by atoms with Gasteiger partial charge in [-0.25, -0.2) is 9.59 Å². The molecule has 0 aliphatic rings. The van der Waals surface area contributed by atoms with Crippen LogP contribution in [0.5, 0.6) is 0 Å². The third-order valence-electron chi connectivity index (χ3n) is 4.80. The number of hydrogen-bond acceptors (Lipinski definition) is 6. The lowest BCUT2D eigenvalue weighted by atomic mass is 10.1. The molecule has 0 aliphatic carbocycles. The maximum Gasteiger partial charge on any atom is 0.490 e. The summed E-state index contributed by atoms with van der Waals surface area (Å²) in [6.45, 7) is 0. The van der Waals surface area contributed by atoms with E-state index in [2.05, 4.69) is 32.3 Å². The topological polar surface area (TPSA) is 131 Å². The van der Waals surface area contributed by atoms with E-state index in [0.717, 1.165) is 39.1 Å². The molecule has 5 rings (SSSR count). The van der Waals surface area contributed by atoms with Crippen LogP contribution in [0.2, 0.25) is 0 Å². The lowest BCUT2D eigenvalue weighted by Gasteiger charge is -2.06. The van der Waals surface area contributed by atoms with E-state index < -0.39 is 24.3 Å². The van der Waals surface area contributed by atoms with Crippen LogP contribution in [0.25, 0.3) is 39.1 Å². The SMILES string of the molecule is O=C(O)C(F)(F)F.O=C(O)C(F)(F)F.c1ccc2c(-c3nnc4cc(-c5ccncc5)ccn34)ccnc2c1. The van der Waals surface area contributed by atoms with E-state index in [1.165, 1.54) is 0 Å². The summed E-state index contributed by atoms with van der Waals surface area (Å²) in [4.78, 5) is 26.3. The molecule has 0 saturated heterocycles. The summed E-state index contributed by atoms with van der Waals surface area (Å²) in [7, 11) is 0. The molecule has 202 valence electrons. The minimum atomic E-state index is -5.08. The van der Waals surface area contributed by atoms with Crippen molar-refractivity contribution in [1.29, 1.82) is 0 Å². The number of nitrogens with zero attached hydrogens (tertiary/aromatic N) is 5.